The molecule has 0 heterocycles. The molecule has 0 spiro atoms. The number of carbonyl (C=O) groups excluding carboxylic acids is 5. The largest absolute Gasteiger partial charge is 0.478 e. The van der Waals surface area contributed by atoms with Gasteiger partial charge in [0.05, 0.1) is 117 Å². The summed E-state index contributed by atoms with van der Waals surface area (Å²) in [5, 5.41) is 87.4. The zero-order valence-corrected chi connectivity index (χ0v) is 68.1. The summed E-state index contributed by atoms with van der Waals surface area (Å²) >= 11 is 24.1. The first-order chi connectivity index (χ1) is 54.4. The predicted octanol–water partition coefficient (Wildman–Crippen LogP) is 16.0. The van der Waals surface area contributed by atoms with Crippen LogP contribution >= 0.6 is 79.5 Å². The molecule has 0 aliphatic heterocycles. The fourth-order valence-electron chi connectivity index (χ4n) is 7.82. The minimum absolute atomic E-state index is 0.00472. The van der Waals surface area contributed by atoms with Crippen LogP contribution in [0.5, 0.6) is 0 Å². The second kappa shape index (κ2) is 56.3. The molecule has 0 fully saturated rings. The number of isothiocyanates is 1. The zero-order valence-electron chi connectivity index (χ0n) is 61.8. The predicted molar refractivity (Wildman–Crippen MR) is 433 cm³/mol. The standard InChI is InChI=1S/C12H16FNO3.C10H9FN2O2.C9H9BrFNO2.C9H5FN2OS.C8H7FN2O.C8H7FO3.C7H7BrFNO.C7H8FNO.C4H6O3.CCl2S/c1-12(2,3)17-11(16)14-9-6-4-5-8(7-15)10(9)13;1-6(15)13-9-4-3-8(12-2)7(5-14)10(9)11;1-5(14)12-8-3-2-7(10)6(4-13)9(8)11;1-11-7-2-3-8(12-5-14)9(10)6(7)4-13;1-11-7-3-2-6(10)8(9)5(7)4-12;9-7-5(4-10)2-1-3-6(7)8(11)12;8-5-1-2-6(10)7(9)4(5)3-11;8-7-5(4-10)2-1-3-6(7)9;1-3(5)7-4(2)6;2-1(3)4/h4-6,15H,7H2,1-3H3,(H,14,16);3-4,14H,5H2,1H3,(H,13,15);2-3,13H,4H2,1H3,(H,12,14);2-3,13H,4H2;2-3,12H,4,10H2;1-3,10H,4H2,(H,11,12);1-2,11H,3,10H2;1-3,10H,4,9H2;1-2H3;. The van der Waals surface area contributed by atoms with Gasteiger partial charge in [-0.1, -0.05) is 122 Å². The van der Waals surface area contributed by atoms with Crippen molar-refractivity contribution in [2.24, 2.45) is 4.99 Å². The summed E-state index contributed by atoms with van der Waals surface area (Å²) in [6.45, 7) is 26.6. The summed E-state index contributed by atoms with van der Waals surface area (Å²) in [5.41, 5.74) is 15.5. The Bertz CT molecular complexity index is 4890. The van der Waals surface area contributed by atoms with Crippen LogP contribution in [0, 0.1) is 66.3 Å². The average molecular weight is 1830 g/mol. The number of esters is 2. The maximum atomic E-state index is 13.6. The van der Waals surface area contributed by atoms with E-state index in [9.17, 15) is 63.9 Å². The van der Waals surface area contributed by atoms with Gasteiger partial charge in [-0.05, 0) is 93.7 Å². The highest BCUT2D eigenvalue weighted by molar-refractivity contribution is 9.10. The lowest BCUT2D eigenvalue weighted by atomic mass is 10.1. The minimum atomic E-state index is -1.33. The molecule has 8 rings (SSSR count). The third kappa shape index (κ3) is 38.9. The molecule has 8 aromatic carbocycles. The van der Waals surface area contributed by atoms with Crippen molar-refractivity contribution in [2.45, 2.75) is 107 Å². The Hall–Kier alpha value is -11.0. The van der Waals surface area contributed by atoms with Crippen LogP contribution in [-0.4, -0.2) is 96.3 Å². The van der Waals surface area contributed by atoms with Crippen molar-refractivity contribution in [3.8, 4) is 0 Å². The van der Waals surface area contributed by atoms with Crippen LogP contribution in [0.15, 0.2) is 129 Å². The molecule has 622 valence electrons. The van der Waals surface area contributed by atoms with Crippen molar-refractivity contribution in [2.75, 3.05) is 33.2 Å². The highest BCUT2D eigenvalue weighted by Crippen LogP contribution is 2.32. The summed E-state index contributed by atoms with van der Waals surface area (Å²) in [6, 6.07) is 26.9. The number of hydrogen-bond acceptors (Lipinski definition) is 22. The number of halogens is 12. The molecule has 0 saturated carbocycles. The van der Waals surface area contributed by atoms with Gasteiger partial charge in [0.25, 0.3) is 0 Å². The lowest BCUT2D eigenvalue weighted by Crippen LogP contribution is -2.27. The highest BCUT2D eigenvalue weighted by atomic mass is 79.9. The lowest BCUT2D eigenvalue weighted by molar-refractivity contribution is -0.156. The Morgan fingerprint density at radius 3 is 1.19 bits per heavy atom. The molecular weight excluding hydrogens is 1760 g/mol. The number of aliphatic hydroxyl groups is 8. The first-order valence-corrected chi connectivity index (χ1v) is 34.9. The second-order valence-electron chi connectivity index (χ2n) is 22.4. The van der Waals surface area contributed by atoms with Gasteiger partial charge in [-0.2, -0.15) is 4.99 Å². The number of aliphatic hydroxyl groups excluding tert-OH is 8. The van der Waals surface area contributed by atoms with Gasteiger partial charge in [-0.25, -0.2) is 59.2 Å². The Balaban J connectivity index is 0. The third-order valence-electron chi connectivity index (χ3n) is 12.9. The maximum Gasteiger partial charge on any atom is 0.412 e. The molecule has 116 heavy (non-hydrogen) atoms. The van der Waals surface area contributed by atoms with Crippen molar-refractivity contribution >= 4 is 181 Å². The quantitative estimate of drug-likeness (QED) is 0.00745. The van der Waals surface area contributed by atoms with Crippen LogP contribution in [0.25, 0.3) is 14.5 Å². The Kier molecular flexibility index (Phi) is 51.9. The van der Waals surface area contributed by atoms with E-state index in [0.29, 0.717) is 8.95 Å². The Labute approximate surface area is 696 Å². The Morgan fingerprint density at radius 1 is 0.474 bits per heavy atom. The van der Waals surface area contributed by atoms with Crippen LogP contribution in [0.3, 0.4) is 0 Å². The number of ether oxygens (including phenoxy) is 2. The minimum Gasteiger partial charge on any atom is -0.478 e. The van der Waals surface area contributed by atoms with Crippen LogP contribution in [0.4, 0.5) is 96.8 Å². The van der Waals surface area contributed by atoms with E-state index < -0.39 is 127 Å². The molecule has 0 radical (unpaired) electrons. The monoisotopic (exact) mass is 1830 g/mol. The molecule has 8 aromatic rings. The number of aliphatic imine (C=N–C) groups is 1. The number of carbonyl (C=O) groups is 6. The Morgan fingerprint density at radius 2 is 0.810 bits per heavy atom. The van der Waals surface area contributed by atoms with Gasteiger partial charge >= 0.3 is 24.0 Å². The van der Waals surface area contributed by atoms with Crippen molar-refractivity contribution in [1.82, 2.24) is 0 Å². The number of nitrogens with one attached hydrogen (secondary N) is 3. The van der Waals surface area contributed by atoms with Gasteiger partial charge in [0.1, 0.15) is 34.6 Å². The molecule has 0 saturated heterocycles. The number of thiocarbonyl (C=S) groups is 2. The number of nitrogens with two attached hydrogens (primary N) is 3. The molecule has 18 N–H and O–H groups in total. The molecular formula is C75H74Br2Cl2F8N10O17S2. The molecule has 27 nitrogen and oxygen atoms in total. The number of benzene rings is 8. The van der Waals surface area contributed by atoms with E-state index in [1.165, 1.54) is 113 Å². The van der Waals surface area contributed by atoms with Crippen molar-refractivity contribution < 1.29 is 119 Å². The fraction of sp³-hybridized carbons (Fsp3) is 0.213. The van der Waals surface area contributed by atoms with Gasteiger partial charge < -0.3 is 83.3 Å². The molecule has 0 aliphatic carbocycles. The number of amides is 3. The van der Waals surface area contributed by atoms with E-state index in [1.807, 2.05) is 5.16 Å². The van der Waals surface area contributed by atoms with E-state index in [4.69, 9.17) is 111 Å². The maximum absolute atomic E-state index is 13.6. The van der Waals surface area contributed by atoms with Crippen LogP contribution in [0.2, 0.25) is 0 Å². The van der Waals surface area contributed by atoms with Crippen molar-refractivity contribution in [3.05, 3.63) is 255 Å². The third-order valence-corrected chi connectivity index (χ3v) is 14.5. The van der Waals surface area contributed by atoms with Gasteiger partial charge in [0, 0.05) is 81.1 Å². The van der Waals surface area contributed by atoms with E-state index >= 15 is 0 Å². The zero-order chi connectivity index (χ0) is 89.4. The van der Waals surface area contributed by atoms with Gasteiger partial charge in [0.2, 0.25) is 11.8 Å². The van der Waals surface area contributed by atoms with Crippen molar-refractivity contribution in [1.29, 1.82) is 0 Å². The molecule has 3 amide bonds. The summed E-state index contributed by atoms with van der Waals surface area (Å²) < 4.78 is 116. The van der Waals surface area contributed by atoms with Gasteiger partial charge in [0.15, 0.2) is 44.1 Å². The SMILES string of the molecule is CC(=O)Nc1ccc(Br)c(CO)c1F.CC(=O)OC(C)=O.CC(C)(C)OC(=O)Nc1cccc(CO)c1F.Nc1ccc(Br)c(CO)c1F.Nc1cccc(CO)c1F.O=C(O)c1cccc(CO)c1F.S=C(Cl)Cl.[C-]#[N+]c1ccc(N)c(F)c1CO.[C-]#[N+]c1ccc(N=C=S)c(F)c1CO.[C-]#[N+]c1ccc(NC(C)=O)c(F)c1CO. The van der Waals surface area contributed by atoms with Gasteiger partial charge in [-0.3, -0.25) is 24.5 Å². The number of nitrogens with zero attached hydrogens (tertiary/aromatic N) is 4. The highest BCUT2D eigenvalue weighted by Gasteiger charge is 2.20. The summed E-state index contributed by atoms with van der Waals surface area (Å²) in [6.07, 6.45) is -0.730. The average Bonchev–Trinajstić information content (AvgIpc) is 0.852. The molecule has 0 atom stereocenters. The number of hydrogen-bond donors (Lipinski definition) is 15. The van der Waals surface area contributed by atoms with E-state index in [1.54, 1.807) is 45.0 Å². The molecule has 0 bridgehead atoms. The van der Waals surface area contributed by atoms with E-state index in [2.05, 4.69) is 96.5 Å². The number of carboxylic acids is 1. The van der Waals surface area contributed by atoms with Crippen LogP contribution in [0.1, 0.15) is 103 Å². The van der Waals surface area contributed by atoms with Crippen LogP contribution in [-0.2, 0) is 81.5 Å². The number of anilines is 6. The van der Waals surface area contributed by atoms with Gasteiger partial charge in [-0.15, -0.1) is 0 Å². The van der Waals surface area contributed by atoms with Crippen molar-refractivity contribution in [3.63, 3.8) is 0 Å². The number of rotatable bonds is 13. The second-order valence-corrected chi connectivity index (χ2v) is 26.1. The number of carboxylic acid groups (broad SMARTS) is 1. The van der Waals surface area contributed by atoms with E-state index in [-0.39, 0.29) is 124 Å². The first kappa shape index (κ1) is 107. The topological polar surface area (TPSA) is 443 Å². The number of nitrogen functional groups attached to an aromatic ring is 3. The molecule has 0 aliphatic rings. The molecule has 0 unspecified atom stereocenters. The van der Waals surface area contributed by atoms with Crippen LogP contribution < -0.4 is 33.2 Å². The van der Waals surface area contributed by atoms with E-state index in [0.717, 1.165) is 6.07 Å². The summed E-state index contributed by atoms with van der Waals surface area (Å²) in [7, 11) is 0. The lowest BCUT2D eigenvalue weighted by Gasteiger charge is -2.20. The molecule has 41 heteroatoms. The smallest absolute Gasteiger partial charge is 0.412 e. The molecule has 0 aromatic heterocycles. The first-order valence-electron chi connectivity index (χ1n) is 31.7. The summed E-state index contributed by atoms with van der Waals surface area (Å²) in [5.74, 6) is -8.62. The summed E-state index contributed by atoms with van der Waals surface area (Å²) in [4.78, 5) is 75.5. The normalized spacial score (nSPS) is 9.62. The number of aromatic carboxylic acids is 1. The fourth-order valence-corrected chi connectivity index (χ4v) is 8.78.